The molecule has 4 aromatic rings. The van der Waals surface area contributed by atoms with Crippen molar-refractivity contribution >= 4 is 21.6 Å². The van der Waals surface area contributed by atoms with Crippen molar-refractivity contribution in [1.82, 2.24) is 14.3 Å². The van der Waals surface area contributed by atoms with E-state index < -0.39 is 16.1 Å². The summed E-state index contributed by atoms with van der Waals surface area (Å²) >= 11 is 0. The number of hydrogen-bond acceptors (Lipinski definition) is 4. The number of fused-ring (bicyclic) bond motifs is 1. The van der Waals surface area contributed by atoms with Crippen LogP contribution >= 0.6 is 0 Å². The van der Waals surface area contributed by atoms with Gasteiger partial charge in [0.25, 0.3) is 0 Å². The lowest BCUT2D eigenvalue weighted by Gasteiger charge is -2.29. The van der Waals surface area contributed by atoms with Crippen molar-refractivity contribution < 1.29 is 17.6 Å². The van der Waals surface area contributed by atoms with Gasteiger partial charge in [-0.05, 0) is 97.2 Å². The lowest BCUT2D eigenvalue weighted by atomic mass is 9.87. The summed E-state index contributed by atoms with van der Waals surface area (Å²) in [7, 11) is -1.85. The largest absolute Gasteiger partial charge is 0.337 e. The van der Waals surface area contributed by atoms with Gasteiger partial charge in [-0.3, -0.25) is 4.79 Å². The molecule has 1 aromatic heterocycles. The van der Waals surface area contributed by atoms with Gasteiger partial charge in [-0.2, -0.15) is 0 Å². The number of sulfonamides is 1. The highest BCUT2D eigenvalue weighted by atomic mass is 32.2. The molecule has 9 heteroatoms. The van der Waals surface area contributed by atoms with Crippen LogP contribution in [0.2, 0.25) is 0 Å². The molecule has 1 saturated carbocycles. The standard InChI is InChI=1S/C32H33FN4O3S/c1-21-6-3-10-26(16-21)41(39,40)35-30-11-5-7-22-12-13-25(18-28(22)30)37(20-31-34-14-15-36(31)2)32(38)29-19-27(29)23-8-4-9-24(33)17-23/h3-4,6,8-10,12-18,27,29-30,35H,5,7,11,19-20H2,1-2H3/t27-,29+,30+/m1/s1. The maximum Gasteiger partial charge on any atom is 0.241 e. The van der Waals surface area contributed by atoms with E-state index in [1.54, 1.807) is 35.4 Å². The highest BCUT2D eigenvalue weighted by molar-refractivity contribution is 7.89. The molecule has 0 bridgehead atoms. The number of aromatic nitrogens is 2. The van der Waals surface area contributed by atoms with E-state index in [2.05, 4.69) is 9.71 Å². The minimum atomic E-state index is -3.74. The first-order chi connectivity index (χ1) is 19.7. The lowest BCUT2D eigenvalue weighted by molar-refractivity contribution is -0.120. The van der Waals surface area contributed by atoms with Crippen molar-refractivity contribution in [2.24, 2.45) is 13.0 Å². The van der Waals surface area contributed by atoms with E-state index in [-0.39, 0.29) is 35.0 Å². The van der Waals surface area contributed by atoms with Gasteiger partial charge < -0.3 is 9.47 Å². The Balaban J connectivity index is 1.32. The van der Waals surface area contributed by atoms with Gasteiger partial charge in [0, 0.05) is 37.1 Å². The van der Waals surface area contributed by atoms with Crippen molar-refractivity contribution in [3.63, 3.8) is 0 Å². The van der Waals surface area contributed by atoms with Crippen molar-refractivity contribution in [3.05, 3.63) is 113 Å². The molecule has 0 aliphatic heterocycles. The predicted octanol–water partition coefficient (Wildman–Crippen LogP) is 5.56. The number of nitrogens with zero attached hydrogens (tertiary/aromatic N) is 3. The average Bonchev–Trinajstić information content (AvgIpc) is 3.66. The van der Waals surface area contributed by atoms with Crippen LogP contribution in [-0.2, 0) is 34.8 Å². The van der Waals surface area contributed by atoms with Gasteiger partial charge in [-0.25, -0.2) is 22.5 Å². The molecular formula is C32H33FN4O3S. The zero-order valence-corrected chi connectivity index (χ0v) is 23.9. The van der Waals surface area contributed by atoms with E-state index in [1.165, 1.54) is 12.1 Å². The summed E-state index contributed by atoms with van der Waals surface area (Å²) in [6.45, 7) is 2.14. The maximum absolute atomic E-state index is 14.0. The molecule has 1 amide bonds. The summed E-state index contributed by atoms with van der Waals surface area (Å²) in [4.78, 5) is 20.4. The van der Waals surface area contributed by atoms with Gasteiger partial charge in [0.2, 0.25) is 15.9 Å². The SMILES string of the molecule is Cc1cccc(S(=O)(=O)N[C@H]2CCCc3ccc(N(Cc4nccn4C)C(=O)[C@H]4C[C@@H]4c4cccc(F)c4)cc32)c1. The number of halogens is 1. The van der Waals surface area contributed by atoms with Crippen molar-refractivity contribution in [2.75, 3.05) is 4.90 Å². The van der Waals surface area contributed by atoms with Gasteiger partial charge in [0.1, 0.15) is 11.6 Å². The highest BCUT2D eigenvalue weighted by Crippen LogP contribution is 2.49. The quantitative estimate of drug-likeness (QED) is 0.300. The zero-order chi connectivity index (χ0) is 28.7. The van der Waals surface area contributed by atoms with Crippen LogP contribution < -0.4 is 9.62 Å². The Labute approximate surface area is 240 Å². The summed E-state index contributed by atoms with van der Waals surface area (Å²) < 4.78 is 45.3. The van der Waals surface area contributed by atoms with Crippen LogP contribution in [0.1, 0.15) is 59.3 Å². The minimum Gasteiger partial charge on any atom is -0.337 e. The van der Waals surface area contributed by atoms with Gasteiger partial charge in [0.05, 0.1) is 11.4 Å². The van der Waals surface area contributed by atoms with Crippen LogP contribution in [-0.4, -0.2) is 23.9 Å². The number of hydrogen-bond donors (Lipinski definition) is 1. The van der Waals surface area contributed by atoms with Crippen molar-refractivity contribution in [2.45, 2.75) is 56.0 Å². The number of aryl methyl sites for hydroxylation is 3. The fraction of sp³-hybridized carbons (Fsp3) is 0.312. The molecule has 6 rings (SSSR count). The van der Waals surface area contributed by atoms with E-state index in [0.717, 1.165) is 40.9 Å². The first-order valence-corrected chi connectivity index (χ1v) is 15.4. The second kappa shape index (κ2) is 10.9. The molecule has 2 aliphatic rings. The Morgan fingerprint density at radius 1 is 1.12 bits per heavy atom. The molecule has 0 saturated heterocycles. The van der Waals surface area contributed by atoms with Crippen LogP contribution in [0.15, 0.2) is 84.0 Å². The van der Waals surface area contributed by atoms with Gasteiger partial charge in [-0.15, -0.1) is 0 Å². The summed E-state index contributed by atoms with van der Waals surface area (Å²) in [5, 5.41) is 0. The number of nitrogens with one attached hydrogen (secondary N) is 1. The lowest BCUT2D eigenvalue weighted by Crippen LogP contribution is -2.34. The number of imidazole rings is 1. The molecule has 1 N–H and O–H groups in total. The molecule has 3 aromatic carbocycles. The fourth-order valence-corrected chi connectivity index (χ4v) is 7.23. The summed E-state index contributed by atoms with van der Waals surface area (Å²) in [6, 6.07) is 18.8. The Bertz CT molecular complexity index is 1720. The summed E-state index contributed by atoms with van der Waals surface area (Å²) in [5.41, 5.74) is 4.37. The van der Waals surface area contributed by atoms with Crippen LogP contribution in [0, 0.1) is 18.7 Å². The Morgan fingerprint density at radius 3 is 2.71 bits per heavy atom. The fourth-order valence-electron chi connectivity index (χ4n) is 5.88. The molecule has 41 heavy (non-hydrogen) atoms. The van der Waals surface area contributed by atoms with Crippen LogP contribution in [0.4, 0.5) is 10.1 Å². The van der Waals surface area contributed by atoms with Gasteiger partial charge >= 0.3 is 0 Å². The molecule has 0 unspecified atom stereocenters. The Hall–Kier alpha value is -3.82. The smallest absolute Gasteiger partial charge is 0.241 e. The number of anilines is 1. The molecule has 0 spiro atoms. The number of amides is 1. The Kier molecular flexibility index (Phi) is 7.25. The van der Waals surface area contributed by atoms with Gasteiger partial charge in [0.15, 0.2) is 0 Å². The van der Waals surface area contributed by atoms with Crippen molar-refractivity contribution in [1.29, 1.82) is 0 Å². The highest BCUT2D eigenvalue weighted by Gasteiger charge is 2.46. The normalized spacial score (nSPS) is 19.9. The van der Waals surface area contributed by atoms with E-state index in [1.807, 2.05) is 55.1 Å². The van der Waals surface area contributed by atoms with E-state index >= 15 is 0 Å². The number of carbonyl (C=O) groups is 1. The first kappa shape index (κ1) is 27.4. The second-order valence-corrected chi connectivity index (χ2v) is 12.9. The molecule has 1 heterocycles. The van der Waals surface area contributed by atoms with Gasteiger partial charge in [-0.1, -0.05) is 30.3 Å². The first-order valence-electron chi connectivity index (χ1n) is 13.9. The van der Waals surface area contributed by atoms with E-state index in [9.17, 15) is 17.6 Å². The maximum atomic E-state index is 14.0. The van der Waals surface area contributed by atoms with E-state index in [0.29, 0.717) is 18.5 Å². The third-order valence-electron chi connectivity index (χ3n) is 8.22. The summed E-state index contributed by atoms with van der Waals surface area (Å²) in [6.07, 6.45) is 6.57. The second-order valence-electron chi connectivity index (χ2n) is 11.1. The van der Waals surface area contributed by atoms with Crippen LogP contribution in [0.5, 0.6) is 0 Å². The molecule has 3 atom stereocenters. The molecule has 212 valence electrons. The van der Waals surface area contributed by atoms with Crippen LogP contribution in [0.25, 0.3) is 0 Å². The van der Waals surface area contributed by atoms with E-state index in [4.69, 9.17) is 0 Å². The third-order valence-corrected chi connectivity index (χ3v) is 9.69. The zero-order valence-electron chi connectivity index (χ0n) is 23.1. The third kappa shape index (κ3) is 5.69. The topological polar surface area (TPSA) is 84.3 Å². The summed E-state index contributed by atoms with van der Waals surface area (Å²) in [5.74, 6) is 0.0854. The molecule has 7 nitrogen and oxygen atoms in total. The van der Waals surface area contributed by atoms with Crippen molar-refractivity contribution in [3.8, 4) is 0 Å². The predicted molar refractivity (Wildman–Crippen MR) is 155 cm³/mol. The molecule has 1 fully saturated rings. The number of benzene rings is 3. The molecular weight excluding hydrogens is 539 g/mol. The monoisotopic (exact) mass is 572 g/mol. The average molecular weight is 573 g/mol. The van der Waals surface area contributed by atoms with Crippen LogP contribution in [0.3, 0.4) is 0 Å². The number of carbonyl (C=O) groups excluding carboxylic acids is 1. The number of rotatable bonds is 8. The molecule has 0 radical (unpaired) electrons. The minimum absolute atomic E-state index is 0.0337. The molecule has 2 aliphatic carbocycles. The Morgan fingerprint density at radius 2 is 1.95 bits per heavy atom.